The lowest BCUT2D eigenvalue weighted by Crippen LogP contribution is -2.46. The van der Waals surface area contributed by atoms with E-state index in [1.807, 2.05) is 35.3 Å². The molecule has 2 saturated heterocycles. The highest BCUT2D eigenvalue weighted by Crippen LogP contribution is 2.53. The van der Waals surface area contributed by atoms with Gasteiger partial charge in [-0.3, -0.25) is 14.3 Å². The van der Waals surface area contributed by atoms with Gasteiger partial charge in [0.1, 0.15) is 5.60 Å². The van der Waals surface area contributed by atoms with Gasteiger partial charge in [0.05, 0.1) is 30.7 Å². The molecule has 0 radical (unpaired) electrons. The Bertz CT molecular complexity index is 872. The van der Waals surface area contributed by atoms with E-state index in [0.717, 1.165) is 37.8 Å². The molecule has 3 fully saturated rings. The third kappa shape index (κ3) is 3.09. The van der Waals surface area contributed by atoms with E-state index in [0.29, 0.717) is 19.0 Å². The Labute approximate surface area is 178 Å². The molecular weight excluding hydrogens is 380 g/mol. The molecule has 4 heterocycles. The van der Waals surface area contributed by atoms with Crippen molar-refractivity contribution in [2.24, 2.45) is 24.8 Å². The van der Waals surface area contributed by atoms with Crippen molar-refractivity contribution in [3.8, 4) is 0 Å². The van der Waals surface area contributed by atoms with E-state index in [1.54, 1.807) is 4.68 Å². The average Bonchev–Trinajstić information content (AvgIpc) is 3.11. The van der Waals surface area contributed by atoms with Gasteiger partial charge < -0.3 is 14.5 Å². The van der Waals surface area contributed by atoms with Gasteiger partial charge in [0.15, 0.2) is 0 Å². The minimum Gasteiger partial charge on any atom is -0.360 e. The summed E-state index contributed by atoms with van der Waals surface area (Å²) >= 11 is 0. The van der Waals surface area contributed by atoms with Gasteiger partial charge in [-0.05, 0) is 18.8 Å². The third-order valence-corrected chi connectivity index (χ3v) is 7.48. The van der Waals surface area contributed by atoms with Crippen molar-refractivity contribution in [2.45, 2.75) is 63.8 Å². The Morgan fingerprint density at radius 3 is 2.77 bits per heavy atom. The quantitative estimate of drug-likeness (QED) is 0.614. The van der Waals surface area contributed by atoms with Crippen LogP contribution in [0.5, 0.6) is 0 Å². The fraction of sp³-hybridized carbons (Fsp3) is 0.696. The van der Waals surface area contributed by atoms with Crippen LogP contribution in [-0.4, -0.2) is 62.2 Å². The second-order valence-corrected chi connectivity index (χ2v) is 9.52. The molecule has 4 atom stereocenters. The predicted octanol–water partition coefficient (Wildman–Crippen LogP) is 2.13. The molecule has 0 aromatic carbocycles. The number of carbonyl (C=O) groups excluding carboxylic acids is 2. The molecule has 3 aliphatic heterocycles. The fourth-order valence-corrected chi connectivity index (χ4v) is 5.59. The summed E-state index contributed by atoms with van der Waals surface area (Å²) in [6.07, 6.45) is 11.7. The maximum absolute atomic E-state index is 13.8. The van der Waals surface area contributed by atoms with E-state index in [-0.39, 0.29) is 29.9 Å². The molecule has 0 unspecified atom stereocenters. The number of likely N-dealkylation sites (tertiary alicyclic amines) is 1. The minimum atomic E-state index is -0.613. The normalized spacial score (nSPS) is 31.8. The summed E-state index contributed by atoms with van der Waals surface area (Å²) in [5, 5.41) is 4.24. The van der Waals surface area contributed by atoms with E-state index in [1.165, 1.54) is 0 Å². The molecule has 1 saturated carbocycles. The standard InChI is InChI=1S/C23H32N4O3/c1-4-15(5-2)12-26-14-23-9-8-18(30-23)19(20(23)22(26)29)21(28)27(17-6-7-17)13-16-10-24-25(3)11-16/h8-11,15,17-20H,4-7,12-14H2,1-3H3/t18-,19+,20-,23-/m0/s1. The third-order valence-electron chi connectivity index (χ3n) is 7.48. The summed E-state index contributed by atoms with van der Waals surface area (Å²) in [7, 11) is 1.89. The molecular formula is C23H32N4O3. The first-order valence-electron chi connectivity index (χ1n) is 11.4. The van der Waals surface area contributed by atoms with Crippen LogP contribution in [0.3, 0.4) is 0 Å². The number of fused-ring (bicyclic) bond motifs is 1. The number of nitrogens with zero attached hydrogens (tertiary/aromatic N) is 4. The molecule has 1 aliphatic carbocycles. The summed E-state index contributed by atoms with van der Waals surface area (Å²) in [5.74, 6) is -0.131. The van der Waals surface area contributed by atoms with Gasteiger partial charge in [-0.15, -0.1) is 0 Å². The molecule has 2 amide bonds. The Morgan fingerprint density at radius 2 is 2.13 bits per heavy atom. The van der Waals surface area contributed by atoms with Crippen LogP contribution in [-0.2, 0) is 27.9 Å². The van der Waals surface area contributed by atoms with Crippen molar-refractivity contribution >= 4 is 11.8 Å². The lowest BCUT2D eigenvalue weighted by atomic mass is 9.76. The van der Waals surface area contributed by atoms with Crippen LogP contribution in [0.4, 0.5) is 0 Å². The second kappa shape index (κ2) is 7.22. The van der Waals surface area contributed by atoms with Gasteiger partial charge >= 0.3 is 0 Å². The number of amides is 2. The molecule has 7 heteroatoms. The molecule has 0 N–H and O–H groups in total. The molecule has 1 aromatic heterocycles. The van der Waals surface area contributed by atoms with Gasteiger partial charge in [0.2, 0.25) is 11.8 Å². The fourth-order valence-electron chi connectivity index (χ4n) is 5.59. The van der Waals surface area contributed by atoms with Crippen molar-refractivity contribution in [3.05, 3.63) is 30.1 Å². The van der Waals surface area contributed by atoms with Crippen molar-refractivity contribution < 1.29 is 14.3 Å². The van der Waals surface area contributed by atoms with Crippen LogP contribution in [0.2, 0.25) is 0 Å². The van der Waals surface area contributed by atoms with Crippen LogP contribution in [0.15, 0.2) is 24.5 Å². The van der Waals surface area contributed by atoms with Gasteiger partial charge in [-0.2, -0.15) is 5.10 Å². The predicted molar refractivity (Wildman–Crippen MR) is 111 cm³/mol. The van der Waals surface area contributed by atoms with Gasteiger partial charge in [0.25, 0.3) is 0 Å². The Balaban J connectivity index is 1.38. The lowest BCUT2D eigenvalue weighted by Gasteiger charge is -2.30. The molecule has 5 rings (SSSR count). The maximum atomic E-state index is 13.8. The van der Waals surface area contributed by atoms with Crippen molar-refractivity contribution in [3.63, 3.8) is 0 Å². The number of aryl methyl sites for hydroxylation is 1. The zero-order valence-electron chi connectivity index (χ0n) is 18.2. The van der Waals surface area contributed by atoms with Crippen LogP contribution < -0.4 is 0 Å². The molecule has 7 nitrogen and oxygen atoms in total. The lowest BCUT2D eigenvalue weighted by molar-refractivity contribution is -0.144. The van der Waals surface area contributed by atoms with Crippen LogP contribution in [0, 0.1) is 17.8 Å². The summed E-state index contributed by atoms with van der Waals surface area (Å²) in [4.78, 5) is 31.2. The summed E-state index contributed by atoms with van der Waals surface area (Å²) < 4.78 is 8.10. The van der Waals surface area contributed by atoms with Crippen LogP contribution >= 0.6 is 0 Å². The Morgan fingerprint density at radius 1 is 1.37 bits per heavy atom. The van der Waals surface area contributed by atoms with E-state index in [9.17, 15) is 9.59 Å². The number of carbonyl (C=O) groups is 2. The average molecular weight is 413 g/mol. The van der Waals surface area contributed by atoms with Gasteiger partial charge in [-0.25, -0.2) is 0 Å². The van der Waals surface area contributed by atoms with Crippen molar-refractivity contribution in [2.75, 3.05) is 13.1 Å². The SMILES string of the molecule is CCC(CC)CN1C[C@]23C=C[C@H](O2)[C@@H](C(=O)N(Cc2cnn(C)c2)C2CC2)[C@H]3C1=O. The highest BCUT2D eigenvalue weighted by atomic mass is 16.5. The highest BCUT2D eigenvalue weighted by Gasteiger charge is 2.67. The summed E-state index contributed by atoms with van der Waals surface area (Å²) in [6, 6.07) is 0.272. The first-order valence-corrected chi connectivity index (χ1v) is 11.4. The molecule has 30 heavy (non-hydrogen) atoms. The largest absolute Gasteiger partial charge is 0.360 e. The number of ether oxygens (including phenoxy) is 1. The monoisotopic (exact) mass is 412 g/mol. The second-order valence-electron chi connectivity index (χ2n) is 9.52. The van der Waals surface area contributed by atoms with E-state index < -0.39 is 11.5 Å². The maximum Gasteiger partial charge on any atom is 0.230 e. The summed E-state index contributed by atoms with van der Waals surface area (Å²) in [5.41, 5.74) is 0.414. The Kier molecular flexibility index (Phi) is 4.76. The number of aromatic nitrogens is 2. The van der Waals surface area contributed by atoms with E-state index >= 15 is 0 Å². The van der Waals surface area contributed by atoms with Crippen LogP contribution in [0.1, 0.15) is 45.1 Å². The van der Waals surface area contributed by atoms with E-state index in [2.05, 4.69) is 25.0 Å². The topological polar surface area (TPSA) is 67.7 Å². The zero-order valence-corrected chi connectivity index (χ0v) is 18.2. The van der Waals surface area contributed by atoms with Crippen molar-refractivity contribution in [1.82, 2.24) is 19.6 Å². The first-order chi connectivity index (χ1) is 14.5. The number of rotatable bonds is 8. The number of hydrogen-bond donors (Lipinski definition) is 0. The van der Waals surface area contributed by atoms with E-state index in [4.69, 9.17) is 4.74 Å². The highest BCUT2D eigenvalue weighted by molar-refractivity contribution is 5.93. The Hall–Kier alpha value is -2.15. The molecule has 4 aliphatic rings. The molecule has 162 valence electrons. The molecule has 1 spiro atoms. The summed E-state index contributed by atoms with van der Waals surface area (Å²) in [6.45, 7) is 6.24. The smallest absolute Gasteiger partial charge is 0.230 e. The van der Waals surface area contributed by atoms with Gasteiger partial charge in [-0.1, -0.05) is 38.8 Å². The van der Waals surface area contributed by atoms with Crippen molar-refractivity contribution in [1.29, 1.82) is 0 Å². The van der Waals surface area contributed by atoms with Crippen LogP contribution in [0.25, 0.3) is 0 Å². The minimum absolute atomic E-state index is 0.0697. The molecule has 1 aromatic rings. The van der Waals surface area contributed by atoms with Gasteiger partial charge in [0, 0.05) is 37.9 Å². The molecule has 2 bridgehead atoms. The first kappa shape index (κ1) is 19.8. The zero-order chi connectivity index (χ0) is 21.0. The number of hydrogen-bond acceptors (Lipinski definition) is 4.